The van der Waals surface area contributed by atoms with Crippen molar-refractivity contribution in [1.29, 1.82) is 0 Å². The normalized spacial score (nSPS) is 10.2. The molecule has 0 aromatic carbocycles. The van der Waals surface area contributed by atoms with Crippen molar-refractivity contribution in [2.24, 2.45) is 0 Å². The van der Waals surface area contributed by atoms with Crippen LogP contribution in [0.2, 0.25) is 0 Å². The van der Waals surface area contributed by atoms with Gasteiger partial charge in [0.05, 0.1) is 4.88 Å². The zero-order valence-corrected chi connectivity index (χ0v) is 8.61. The van der Waals surface area contributed by atoms with Gasteiger partial charge in [0.25, 0.3) is 0 Å². The van der Waals surface area contributed by atoms with E-state index in [1.165, 1.54) is 18.3 Å². The first kappa shape index (κ1) is 8.59. The van der Waals surface area contributed by atoms with Crippen LogP contribution in [0.25, 0.3) is 9.88 Å². The molecule has 0 unspecified atom stereocenters. The van der Waals surface area contributed by atoms with Crippen LogP contribution in [0.1, 0.15) is 17.4 Å². The minimum Gasteiger partial charge on any atom is -0.293 e. The molecule has 4 heteroatoms. The van der Waals surface area contributed by atoms with Gasteiger partial charge in [-0.1, -0.05) is 6.07 Å². The second kappa shape index (κ2) is 3.40. The van der Waals surface area contributed by atoms with E-state index >= 15 is 0 Å². The molecule has 2 rings (SSSR count). The first-order chi connectivity index (χ1) is 6.27. The van der Waals surface area contributed by atoms with Crippen LogP contribution in [0.3, 0.4) is 0 Å². The molecule has 2 nitrogen and oxygen atoms in total. The minimum absolute atomic E-state index is 0.0269. The minimum atomic E-state index is 0.0269. The molecule has 0 bridgehead atoms. The monoisotopic (exact) mass is 209 g/mol. The average molecular weight is 209 g/mol. The Labute approximate surface area is 83.9 Å². The van der Waals surface area contributed by atoms with E-state index in [4.69, 9.17) is 0 Å². The number of Topliss-reactive ketones (excluding diaryl/α,β-unsaturated/α-hetero) is 1. The van der Waals surface area contributed by atoms with Crippen molar-refractivity contribution in [2.45, 2.75) is 6.92 Å². The Bertz CT molecular complexity index is 417. The van der Waals surface area contributed by atoms with Crippen molar-refractivity contribution in [1.82, 2.24) is 4.98 Å². The van der Waals surface area contributed by atoms with E-state index in [9.17, 15) is 4.79 Å². The highest BCUT2D eigenvalue weighted by atomic mass is 32.1. The molecular weight excluding hydrogens is 202 g/mol. The number of carbonyl (C=O) groups is 1. The Balaban J connectivity index is 2.39. The van der Waals surface area contributed by atoms with Crippen LogP contribution in [0.5, 0.6) is 0 Å². The molecule has 2 heterocycles. The number of hydrogen-bond acceptors (Lipinski definition) is 4. The van der Waals surface area contributed by atoms with Gasteiger partial charge in [-0.05, 0) is 11.4 Å². The van der Waals surface area contributed by atoms with Crippen molar-refractivity contribution in [3.05, 3.63) is 28.6 Å². The van der Waals surface area contributed by atoms with Gasteiger partial charge in [-0.2, -0.15) is 0 Å². The maximum atomic E-state index is 11.0. The summed E-state index contributed by atoms with van der Waals surface area (Å²) in [6, 6.07) is 3.99. The van der Waals surface area contributed by atoms with Crippen molar-refractivity contribution in [3.63, 3.8) is 0 Å². The molecule has 2 aromatic rings. The number of hydrogen-bond donors (Lipinski definition) is 0. The van der Waals surface area contributed by atoms with Gasteiger partial charge >= 0.3 is 0 Å². The van der Waals surface area contributed by atoms with Crippen molar-refractivity contribution >= 4 is 28.5 Å². The van der Waals surface area contributed by atoms with E-state index in [-0.39, 0.29) is 5.78 Å². The Hall–Kier alpha value is -1.00. The first-order valence-electron chi connectivity index (χ1n) is 3.78. The summed E-state index contributed by atoms with van der Waals surface area (Å²) in [6.45, 7) is 1.53. The molecule has 2 aromatic heterocycles. The second-order valence-electron chi connectivity index (χ2n) is 2.57. The van der Waals surface area contributed by atoms with Gasteiger partial charge in [-0.25, -0.2) is 4.98 Å². The topological polar surface area (TPSA) is 30.0 Å². The van der Waals surface area contributed by atoms with Crippen molar-refractivity contribution in [2.75, 3.05) is 0 Å². The number of aromatic nitrogens is 1. The molecule has 0 fully saturated rings. The van der Waals surface area contributed by atoms with E-state index in [1.54, 1.807) is 16.7 Å². The molecule has 0 saturated heterocycles. The summed E-state index contributed by atoms with van der Waals surface area (Å²) >= 11 is 3.15. The number of thiazole rings is 1. The summed E-state index contributed by atoms with van der Waals surface area (Å²) in [4.78, 5) is 16.3. The fourth-order valence-corrected chi connectivity index (χ4v) is 2.62. The lowest BCUT2D eigenvalue weighted by atomic mass is 10.3. The first-order valence-corrected chi connectivity index (χ1v) is 5.53. The van der Waals surface area contributed by atoms with E-state index in [1.807, 2.05) is 17.5 Å². The van der Waals surface area contributed by atoms with Crippen LogP contribution < -0.4 is 0 Å². The molecule has 0 aliphatic heterocycles. The molecule has 0 atom stereocenters. The van der Waals surface area contributed by atoms with E-state index < -0.39 is 0 Å². The fourth-order valence-electron chi connectivity index (χ4n) is 0.949. The lowest BCUT2D eigenvalue weighted by Crippen LogP contribution is -1.90. The van der Waals surface area contributed by atoms with Crippen LogP contribution in [-0.4, -0.2) is 10.8 Å². The molecule has 0 aliphatic carbocycles. The van der Waals surface area contributed by atoms with Crippen LogP contribution in [-0.2, 0) is 0 Å². The predicted octanol–water partition coefficient (Wildman–Crippen LogP) is 3.07. The Morgan fingerprint density at radius 1 is 1.46 bits per heavy atom. The van der Waals surface area contributed by atoms with Gasteiger partial charge in [0.15, 0.2) is 5.78 Å². The predicted molar refractivity (Wildman–Crippen MR) is 55.4 cm³/mol. The summed E-state index contributed by atoms with van der Waals surface area (Å²) in [5.41, 5.74) is 0.563. The summed E-state index contributed by atoms with van der Waals surface area (Å²) in [6.07, 6.45) is 0. The third kappa shape index (κ3) is 1.68. The highest BCUT2D eigenvalue weighted by Gasteiger charge is 2.07. The molecular formula is C9H7NOS2. The van der Waals surface area contributed by atoms with E-state index in [2.05, 4.69) is 4.98 Å². The maximum Gasteiger partial charge on any atom is 0.178 e. The zero-order valence-electron chi connectivity index (χ0n) is 6.98. The standard InChI is InChI=1S/C9H7NOS2/c1-6(11)7-5-13-9(10-7)8-3-2-4-12-8/h2-5H,1H3. The van der Waals surface area contributed by atoms with Crippen LogP contribution in [0, 0.1) is 0 Å². The van der Waals surface area contributed by atoms with Gasteiger partial charge in [-0.15, -0.1) is 22.7 Å². The number of carbonyl (C=O) groups excluding carboxylic acids is 1. The number of thiophene rings is 1. The van der Waals surface area contributed by atoms with E-state index in [0.29, 0.717) is 5.69 Å². The Kier molecular flexibility index (Phi) is 2.24. The van der Waals surface area contributed by atoms with Gasteiger partial charge in [-0.3, -0.25) is 4.79 Å². The Morgan fingerprint density at radius 2 is 2.31 bits per heavy atom. The smallest absolute Gasteiger partial charge is 0.178 e. The van der Waals surface area contributed by atoms with Gasteiger partial charge < -0.3 is 0 Å². The largest absolute Gasteiger partial charge is 0.293 e. The summed E-state index contributed by atoms with van der Waals surface area (Å²) in [7, 11) is 0. The second-order valence-corrected chi connectivity index (χ2v) is 4.38. The molecule has 0 amide bonds. The fraction of sp³-hybridized carbons (Fsp3) is 0.111. The molecule has 0 N–H and O–H groups in total. The van der Waals surface area contributed by atoms with Crippen molar-refractivity contribution in [3.8, 4) is 9.88 Å². The average Bonchev–Trinajstić information content (AvgIpc) is 2.75. The third-order valence-electron chi connectivity index (χ3n) is 1.60. The highest BCUT2D eigenvalue weighted by Crippen LogP contribution is 2.27. The quantitative estimate of drug-likeness (QED) is 0.711. The summed E-state index contributed by atoms with van der Waals surface area (Å²) < 4.78 is 0. The van der Waals surface area contributed by atoms with Crippen LogP contribution in [0.4, 0.5) is 0 Å². The zero-order chi connectivity index (χ0) is 9.26. The third-order valence-corrected chi connectivity index (χ3v) is 3.48. The van der Waals surface area contributed by atoms with Crippen LogP contribution in [0.15, 0.2) is 22.9 Å². The summed E-state index contributed by atoms with van der Waals surface area (Å²) in [5.74, 6) is 0.0269. The number of rotatable bonds is 2. The molecule has 0 saturated carbocycles. The molecule has 0 radical (unpaired) electrons. The van der Waals surface area contributed by atoms with Crippen molar-refractivity contribution < 1.29 is 4.79 Å². The summed E-state index contributed by atoms with van der Waals surface area (Å²) in [5, 5.41) is 4.74. The molecule has 13 heavy (non-hydrogen) atoms. The van der Waals surface area contributed by atoms with Gasteiger partial charge in [0.1, 0.15) is 10.7 Å². The Morgan fingerprint density at radius 3 is 2.85 bits per heavy atom. The molecule has 66 valence electrons. The van der Waals surface area contributed by atoms with Gasteiger partial charge in [0.2, 0.25) is 0 Å². The lowest BCUT2D eigenvalue weighted by Gasteiger charge is -1.86. The lowest BCUT2D eigenvalue weighted by molar-refractivity contribution is 0.101. The van der Waals surface area contributed by atoms with Gasteiger partial charge in [0, 0.05) is 12.3 Å². The highest BCUT2D eigenvalue weighted by molar-refractivity contribution is 7.20. The number of ketones is 1. The maximum absolute atomic E-state index is 11.0. The van der Waals surface area contributed by atoms with Crippen LogP contribution >= 0.6 is 22.7 Å². The number of nitrogens with zero attached hydrogens (tertiary/aromatic N) is 1. The van der Waals surface area contributed by atoms with E-state index in [0.717, 1.165) is 9.88 Å². The molecule has 0 aliphatic rings. The SMILES string of the molecule is CC(=O)c1csc(-c2cccs2)n1. The molecule has 0 spiro atoms.